The molecule has 1 saturated heterocycles. The van der Waals surface area contributed by atoms with Crippen molar-refractivity contribution in [1.82, 2.24) is 10.6 Å². The van der Waals surface area contributed by atoms with Crippen molar-refractivity contribution in [2.45, 2.75) is 18.4 Å². The Morgan fingerprint density at radius 1 is 1.17 bits per heavy atom. The zero-order valence-electron chi connectivity index (χ0n) is 15.1. The second-order valence-corrected chi connectivity index (χ2v) is 7.96. The fourth-order valence-corrected chi connectivity index (χ4v) is 3.35. The Morgan fingerprint density at radius 2 is 1.87 bits per heavy atom. The van der Waals surface area contributed by atoms with Crippen LogP contribution in [0.25, 0.3) is 0 Å². The van der Waals surface area contributed by atoms with Crippen LogP contribution in [0.1, 0.15) is 23.2 Å². The highest BCUT2D eigenvalue weighted by Crippen LogP contribution is 2.27. The number of hydrogen-bond donors (Lipinski definition) is 4. The van der Waals surface area contributed by atoms with E-state index in [1.165, 1.54) is 0 Å². The van der Waals surface area contributed by atoms with Gasteiger partial charge in [-0.2, -0.15) is 0 Å². The predicted octanol–water partition coefficient (Wildman–Crippen LogP) is 0.347. The van der Waals surface area contributed by atoms with Crippen LogP contribution >= 0.6 is 31.9 Å². The molecule has 2 rings (SSSR count). The van der Waals surface area contributed by atoms with E-state index < -0.39 is 68.3 Å². The third-order valence-electron chi connectivity index (χ3n) is 3.92. The first-order chi connectivity index (χ1) is 14.0. The van der Waals surface area contributed by atoms with Crippen LogP contribution in [0, 0.1) is 0 Å². The van der Waals surface area contributed by atoms with E-state index in [-0.39, 0.29) is 0 Å². The summed E-state index contributed by atoms with van der Waals surface area (Å²) >= 11 is 6.47. The van der Waals surface area contributed by atoms with Gasteiger partial charge in [0.1, 0.15) is 0 Å². The van der Waals surface area contributed by atoms with Crippen molar-refractivity contribution in [1.29, 1.82) is 0 Å². The minimum atomic E-state index is -2.29. The first-order valence-corrected chi connectivity index (χ1v) is 9.93. The van der Waals surface area contributed by atoms with Crippen LogP contribution in [0.2, 0.25) is 0 Å². The average molecular weight is 550 g/mol. The number of amides is 2. The Labute approximate surface area is 186 Å². The van der Waals surface area contributed by atoms with Crippen LogP contribution in [0.3, 0.4) is 0 Å². The third-order valence-corrected chi connectivity index (χ3v) is 5.11. The molecule has 4 N–H and O–H groups in total. The smallest absolute Gasteiger partial charge is 0.508 e. The Kier molecular flexibility index (Phi) is 7.98. The monoisotopic (exact) mass is 548 g/mol. The molecule has 1 heterocycles. The van der Waals surface area contributed by atoms with Crippen LogP contribution in [0.5, 0.6) is 0 Å². The maximum atomic E-state index is 12.2. The van der Waals surface area contributed by atoms with Gasteiger partial charge in [-0.25, -0.2) is 4.79 Å². The van der Waals surface area contributed by atoms with Crippen molar-refractivity contribution in [3.8, 4) is 0 Å². The van der Waals surface area contributed by atoms with Gasteiger partial charge in [-0.1, -0.05) is 15.9 Å². The van der Waals surface area contributed by atoms with Crippen molar-refractivity contribution < 1.29 is 43.5 Å². The Morgan fingerprint density at radius 3 is 2.50 bits per heavy atom. The number of halogens is 2. The molecule has 14 heteroatoms. The maximum absolute atomic E-state index is 12.2. The number of benzene rings is 1. The standard InChI is InChI=1S/C16H15BBr2N2O9/c18-8-1-2-10(19)9(3-8)14(26)20-6-11(22)21-7-17-29-13(25)5-16(30-17,15(27)28)4-12(23)24/h1-3H,4-7H2,(H,20,26)(H,21,22)(H,23,24)(H,27,28). The number of aliphatic carboxylic acids is 2. The summed E-state index contributed by atoms with van der Waals surface area (Å²) in [6.45, 7) is -0.419. The second kappa shape index (κ2) is 10.0. The van der Waals surface area contributed by atoms with E-state index >= 15 is 0 Å². The Balaban J connectivity index is 1.91. The molecule has 0 radical (unpaired) electrons. The second-order valence-electron chi connectivity index (χ2n) is 6.19. The van der Waals surface area contributed by atoms with Crippen LogP contribution < -0.4 is 10.6 Å². The highest BCUT2D eigenvalue weighted by molar-refractivity contribution is 9.11. The van der Waals surface area contributed by atoms with Gasteiger partial charge < -0.3 is 30.2 Å². The Hall–Kier alpha value is -2.45. The van der Waals surface area contributed by atoms with Gasteiger partial charge in [0.2, 0.25) is 5.91 Å². The molecule has 1 aliphatic rings. The first kappa shape index (κ1) is 23.8. The number of carbonyl (C=O) groups is 5. The van der Waals surface area contributed by atoms with Crippen molar-refractivity contribution >= 4 is 68.7 Å². The predicted molar refractivity (Wildman–Crippen MR) is 107 cm³/mol. The van der Waals surface area contributed by atoms with Gasteiger partial charge in [0, 0.05) is 8.95 Å². The average Bonchev–Trinajstić information content (AvgIpc) is 2.65. The maximum Gasteiger partial charge on any atom is 0.548 e. The van der Waals surface area contributed by atoms with E-state index in [1.54, 1.807) is 18.2 Å². The molecule has 1 aliphatic heterocycles. The molecule has 0 aromatic heterocycles. The van der Waals surface area contributed by atoms with Crippen LogP contribution in [-0.2, 0) is 28.5 Å². The summed E-state index contributed by atoms with van der Waals surface area (Å²) in [4.78, 5) is 58.3. The third kappa shape index (κ3) is 6.27. The highest BCUT2D eigenvalue weighted by Gasteiger charge is 2.52. The van der Waals surface area contributed by atoms with Crippen molar-refractivity contribution in [3.63, 3.8) is 0 Å². The Bertz CT molecular complexity index is 893. The molecule has 30 heavy (non-hydrogen) atoms. The number of hydrogen-bond acceptors (Lipinski definition) is 7. The summed E-state index contributed by atoms with van der Waals surface area (Å²) in [7, 11) is -1.50. The number of carboxylic acid groups (broad SMARTS) is 2. The fourth-order valence-electron chi connectivity index (χ4n) is 2.56. The molecule has 0 spiro atoms. The summed E-state index contributed by atoms with van der Waals surface area (Å²) in [5.41, 5.74) is -2.00. The van der Waals surface area contributed by atoms with Crippen molar-refractivity contribution in [3.05, 3.63) is 32.7 Å². The first-order valence-electron chi connectivity index (χ1n) is 8.35. The quantitative estimate of drug-likeness (QED) is 0.334. The van der Waals surface area contributed by atoms with Gasteiger partial charge in [-0.15, -0.1) is 0 Å². The fraction of sp³-hybridized carbons (Fsp3) is 0.312. The van der Waals surface area contributed by atoms with E-state index in [4.69, 9.17) is 14.4 Å². The van der Waals surface area contributed by atoms with Crippen molar-refractivity contribution in [2.75, 3.05) is 13.0 Å². The zero-order chi connectivity index (χ0) is 22.5. The van der Waals surface area contributed by atoms with Crippen LogP contribution in [-0.4, -0.2) is 65.6 Å². The molecule has 2 amide bonds. The summed E-state index contributed by atoms with van der Waals surface area (Å²) in [5.74, 6) is -5.28. The highest BCUT2D eigenvalue weighted by atomic mass is 79.9. The van der Waals surface area contributed by atoms with Crippen LogP contribution in [0.15, 0.2) is 27.1 Å². The van der Waals surface area contributed by atoms with Gasteiger partial charge in [0.05, 0.1) is 31.4 Å². The summed E-state index contributed by atoms with van der Waals surface area (Å²) in [6, 6.07) is 4.93. The lowest BCUT2D eigenvalue weighted by atomic mass is 9.82. The minimum absolute atomic E-state index is 0.293. The summed E-state index contributed by atoms with van der Waals surface area (Å²) in [6.07, 6.45) is -2.17. The molecule has 0 aliphatic carbocycles. The van der Waals surface area contributed by atoms with Crippen LogP contribution in [0.4, 0.5) is 0 Å². The number of carbonyl (C=O) groups excluding carboxylic acids is 3. The molecule has 11 nitrogen and oxygen atoms in total. The molecule has 1 aromatic rings. The van der Waals surface area contributed by atoms with E-state index in [0.717, 1.165) is 0 Å². The van der Waals surface area contributed by atoms with Gasteiger partial charge >= 0.3 is 19.1 Å². The lowest BCUT2D eigenvalue weighted by Gasteiger charge is -2.34. The molecule has 1 aromatic carbocycles. The molecule has 160 valence electrons. The molecule has 0 bridgehead atoms. The molecule has 1 fully saturated rings. The van der Waals surface area contributed by atoms with E-state index in [2.05, 4.69) is 42.5 Å². The topological polar surface area (TPSA) is 168 Å². The van der Waals surface area contributed by atoms with Gasteiger partial charge in [-0.3, -0.25) is 19.2 Å². The molecular weight excluding hydrogens is 535 g/mol. The van der Waals surface area contributed by atoms with Crippen molar-refractivity contribution in [2.24, 2.45) is 0 Å². The van der Waals surface area contributed by atoms with Gasteiger partial charge in [0.25, 0.3) is 11.9 Å². The number of carboxylic acids is 2. The summed E-state index contributed by atoms with van der Waals surface area (Å²) in [5, 5.41) is 22.9. The SMILES string of the molecule is O=C(O)CC1(C(=O)O)CC(=O)OB(CNC(=O)CNC(=O)c2cc(Br)ccc2Br)O1. The lowest BCUT2D eigenvalue weighted by molar-refractivity contribution is -0.174. The molecule has 0 saturated carbocycles. The largest absolute Gasteiger partial charge is 0.548 e. The van der Waals surface area contributed by atoms with Gasteiger partial charge in [0.15, 0.2) is 5.60 Å². The molecule has 1 atom stereocenters. The van der Waals surface area contributed by atoms with E-state index in [9.17, 15) is 29.1 Å². The number of nitrogens with one attached hydrogen (secondary N) is 2. The molecule has 1 unspecified atom stereocenters. The minimum Gasteiger partial charge on any atom is -0.508 e. The molecular formula is C16H15BBr2N2O9. The van der Waals surface area contributed by atoms with Gasteiger partial charge in [-0.05, 0) is 34.1 Å². The lowest BCUT2D eigenvalue weighted by Crippen LogP contribution is -2.57. The normalized spacial score (nSPS) is 18.3. The van der Waals surface area contributed by atoms with E-state index in [0.29, 0.717) is 14.5 Å². The number of rotatable bonds is 8. The summed E-state index contributed by atoms with van der Waals surface area (Å²) < 4.78 is 11.2. The zero-order valence-corrected chi connectivity index (χ0v) is 18.3. The van der Waals surface area contributed by atoms with E-state index in [1.807, 2.05) is 0 Å².